The summed E-state index contributed by atoms with van der Waals surface area (Å²) in [6, 6.07) is 0. The topological polar surface area (TPSA) is 55.8 Å². The number of aliphatic hydroxyl groups excluding tert-OH is 1. The van der Waals surface area contributed by atoms with Crippen LogP contribution in [0, 0.1) is 0 Å². The molecular formula is C5H13O4P. The maximum Gasteiger partial charge on any atom is 0.252 e. The van der Waals surface area contributed by atoms with Crippen molar-refractivity contribution in [3.05, 3.63) is 0 Å². The van der Waals surface area contributed by atoms with E-state index in [4.69, 9.17) is 9.63 Å². The van der Waals surface area contributed by atoms with Crippen LogP contribution in [-0.2, 0) is 13.8 Å². The van der Waals surface area contributed by atoms with Gasteiger partial charge in [-0.05, 0) is 6.92 Å². The van der Waals surface area contributed by atoms with Crippen molar-refractivity contribution >= 4 is 7.37 Å². The molecule has 0 bridgehead atoms. The summed E-state index contributed by atoms with van der Waals surface area (Å²) in [5.74, 6) is 0. The van der Waals surface area contributed by atoms with E-state index in [9.17, 15) is 4.57 Å². The Kier molecular flexibility index (Phi) is 4.91. The van der Waals surface area contributed by atoms with Crippen molar-refractivity contribution in [2.45, 2.75) is 6.92 Å². The van der Waals surface area contributed by atoms with E-state index in [0.717, 1.165) is 0 Å². The minimum atomic E-state index is -2.87. The van der Waals surface area contributed by atoms with Crippen molar-refractivity contribution in [1.82, 2.24) is 0 Å². The summed E-state index contributed by atoms with van der Waals surface area (Å²) in [7, 11) is -1.45. The average molecular weight is 168 g/mol. The first-order valence-electron chi connectivity index (χ1n) is 3.01. The van der Waals surface area contributed by atoms with Gasteiger partial charge in [0.15, 0.2) is 0 Å². The Bertz CT molecular complexity index is 115. The van der Waals surface area contributed by atoms with Crippen molar-refractivity contribution in [2.24, 2.45) is 0 Å². The Labute approximate surface area is 60.6 Å². The van der Waals surface area contributed by atoms with Gasteiger partial charge in [-0.25, -0.2) is 0 Å². The highest BCUT2D eigenvalue weighted by Gasteiger charge is 2.20. The standard InChI is InChI=1S/C5H13O4P/c1-3-9-10(7,4-6)5-8-2/h6H,3-5H2,1-2H3. The summed E-state index contributed by atoms with van der Waals surface area (Å²) in [4.78, 5) is 0. The van der Waals surface area contributed by atoms with Gasteiger partial charge in [0.05, 0.1) is 6.61 Å². The molecule has 62 valence electrons. The van der Waals surface area contributed by atoms with Crippen LogP contribution in [0.1, 0.15) is 6.92 Å². The van der Waals surface area contributed by atoms with Gasteiger partial charge in [0, 0.05) is 7.11 Å². The number of hydrogen-bond acceptors (Lipinski definition) is 4. The number of ether oxygens (including phenoxy) is 1. The lowest BCUT2D eigenvalue weighted by molar-refractivity contribution is 0.209. The predicted octanol–water partition coefficient (Wildman–Crippen LogP) is 0.855. The molecule has 10 heavy (non-hydrogen) atoms. The first-order valence-corrected chi connectivity index (χ1v) is 5.00. The van der Waals surface area contributed by atoms with Gasteiger partial charge in [-0.1, -0.05) is 0 Å². The van der Waals surface area contributed by atoms with Crippen LogP contribution in [0.15, 0.2) is 0 Å². The van der Waals surface area contributed by atoms with Crippen molar-refractivity contribution in [2.75, 3.05) is 26.4 Å². The van der Waals surface area contributed by atoms with Crippen LogP contribution in [0.2, 0.25) is 0 Å². The van der Waals surface area contributed by atoms with Crippen LogP contribution in [0.5, 0.6) is 0 Å². The molecule has 0 rings (SSSR count). The molecule has 0 aromatic heterocycles. The largest absolute Gasteiger partial charge is 0.386 e. The highest BCUT2D eigenvalue weighted by Crippen LogP contribution is 2.44. The lowest BCUT2D eigenvalue weighted by Gasteiger charge is -2.12. The van der Waals surface area contributed by atoms with E-state index >= 15 is 0 Å². The summed E-state index contributed by atoms with van der Waals surface area (Å²) in [6.07, 6.45) is -0.466. The van der Waals surface area contributed by atoms with Crippen LogP contribution in [0.25, 0.3) is 0 Å². The third-order valence-corrected chi connectivity index (χ3v) is 2.72. The smallest absolute Gasteiger partial charge is 0.252 e. The lowest BCUT2D eigenvalue weighted by atomic mass is 10.9. The molecule has 5 heteroatoms. The summed E-state index contributed by atoms with van der Waals surface area (Å²) < 4.78 is 20.6. The van der Waals surface area contributed by atoms with E-state index in [1.807, 2.05) is 0 Å². The molecular weight excluding hydrogens is 155 g/mol. The second-order valence-corrected chi connectivity index (χ2v) is 4.22. The third kappa shape index (κ3) is 3.32. The Hall–Kier alpha value is 0.110. The van der Waals surface area contributed by atoms with Crippen LogP contribution >= 0.6 is 7.37 Å². The molecule has 0 aliphatic heterocycles. The number of methoxy groups -OCH3 is 1. The molecule has 0 spiro atoms. The highest BCUT2D eigenvalue weighted by molar-refractivity contribution is 7.58. The zero-order valence-corrected chi connectivity index (χ0v) is 7.13. The monoisotopic (exact) mass is 168 g/mol. The Morgan fingerprint density at radius 3 is 2.50 bits per heavy atom. The molecule has 0 aliphatic rings. The fraction of sp³-hybridized carbons (Fsp3) is 1.00. The SMILES string of the molecule is CCOP(=O)(CO)COC. The number of hydrogen-bond donors (Lipinski definition) is 1. The van der Waals surface area contributed by atoms with Gasteiger partial charge >= 0.3 is 0 Å². The van der Waals surface area contributed by atoms with Gasteiger partial charge in [-0.3, -0.25) is 4.57 Å². The predicted molar refractivity (Wildman–Crippen MR) is 38.2 cm³/mol. The molecule has 0 aliphatic carbocycles. The molecule has 1 N–H and O–H groups in total. The number of aliphatic hydroxyl groups is 1. The van der Waals surface area contributed by atoms with E-state index in [1.54, 1.807) is 6.92 Å². The van der Waals surface area contributed by atoms with E-state index < -0.39 is 13.7 Å². The van der Waals surface area contributed by atoms with Crippen molar-refractivity contribution < 1.29 is 18.9 Å². The fourth-order valence-electron chi connectivity index (χ4n) is 0.551. The van der Waals surface area contributed by atoms with Crippen LogP contribution in [0.4, 0.5) is 0 Å². The molecule has 1 unspecified atom stereocenters. The Balaban J connectivity index is 3.83. The van der Waals surface area contributed by atoms with Gasteiger partial charge in [0.1, 0.15) is 12.7 Å². The first kappa shape index (κ1) is 10.1. The zero-order chi connectivity index (χ0) is 8.04. The normalized spacial score (nSPS) is 16.7. The van der Waals surface area contributed by atoms with E-state index in [2.05, 4.69) is 4.74 Å². The van der Waals surface area contributed by atoms with E-state index in [1.165, 1.54) is 7.11 Å². The second-order valence-electron chi connectivity index (χ2n) is 1.79. The molecule has 0 saturated carbocycles. The number of rotatable bonds is 5. The third-order valence-electron chi connectivity index (χ3n) is 0.906. The summed E-state index contributed by atoms with van der Waals surface area (Å²) in [5.41, 5.74) is 0. The van der Waals surface area contributed by atoms with E-state index in [0.29, 0.717) is 6.61 Å². The Morgan fingerprint density at radius 2 is 2.20 bits per heavy atom. The Morgan fingerprint density at radius 1 is 1.60 bits per heavy atom. The fourth-order valence-corrected chi connectivity index (χ4v) is 1.65. The molecule has 0 radical (unpaired) electrons. The molecule has 1 atom stereocenters. The van der Waals surface area contributed by atoms with Crippen molar-refractivity contribution in [3.8, 4) is 0 Å². The van der Waals surface area contributed by atoms with Gasteiger partial charge in [0.2, 0.25) is 0 Å². The van der Waals surface area contributed by atoms with Crippen LogP contribution in [-0.4, -0.2) is 31.5 Å². The molecule has 0 fully saturated rings. The summed E-state index contributed by atoms with van der Waals surface area (Å²) in [5, 5.41) is 8.58. The van der Waals surface area contributed by atoms with Crippen molar-refractivity contribution in [3.63, 3.8) is 0 Å². The van der Waals surface area contributed by atoms with Gasteiger partial charge in [-0.15, -0.1) is 0 Å². The summed E-state index contributed by atoms with van der Waals surface area (Å²) >= 11 is 0. The van der Waals surface area contributed by atoms with Gasteiger partial charge in [-0.2, -0.15) is 0 Å². The summed E-state index contributed by atoms with van der Waals surface area (Å²) in [6.45, 7) is 2.05. The second kappa shape index (κ2) is 4.85. The average Bonchev–Trinajstić information content (AvgIpc) is 1.89. The molecule has 0 saturated heterocycles. The minimum Gasteiger partial charge on any atom is -0.386 e. The molecule has 0 heterocycles. The lowest BCUT2D eigenvalue weighted by Crippen LogP contribution is -2.00. The molecule has 0 aromatic carbocycles. The quantitative estimate of drug-likeness (QED) is 0.618. The molecule has 0 amide bonds. The van der Waals surface area contributed by atoms with E-state index in [-0.39, 0.29) is 6.35 Å². The minimum absolute atomic E-state index is 0.0165. The molecule has 0 aromatic rings. The van der Waals surface area contributed by atoms with Gasteiger partial charge in [0.25, 0.3) is 7.37 Å². The van der Waals surface area contributed by atoms with Crippen LogP contribution in [0.3, 0.4) is 0 Å². The zero-order valence-electron chi connectivity index (χ0n) is 6.24. The molecule has 4 nitrogen and oxygen atoms in total. The van der Waals surface area contributed by atoms with Crippen molar-refractivity contribution in [1.29, 1.82) is 0 Å². The maximum atomic E-state index is 11.2. The van der Waals surface area contributed by atoms with Crippen LogP contribution < -0.4 is 0 Å². The first-order chi connectivity index (χ1) is 4.68. The highest BCUT2D eigenvalue weighted by atomic mass is 31.2. The maximum absolute atomic E-state index is 11.2. The van der Waals surface area contributed by atoms with Gasteiger partial charge < -0.3 is 14.4 Å².